The van der Waals surface area contributed by atoms with Crippen LogP contribution in [0.3, 0.4) is 0 Å². The van der Waals surface area contributed by atoms with E-state index in [0.717, 1.165) is 78.4 Å². The molecule has 0 aliphatic heterocycles. The van der Waals surface area contributed by atoms with Crippen LogP contribution in [0.1, 0.15) is 11.4 Å². The predicted octanol–water partition coefficient (Wildman–Crippen LogP) is 17.9. The molecule has 0 spiro atoms. The summed E-state index contributed by atoms with van der Waals surface area (Å²) < 4.78 is 128. The molecular weight excluding hydrogens is 2390 g/mol. The molecule has 0 fully saturated rings. The largest absolute Gasteiger partial charge is 0.434 e. The Bertz CT molecular complexity index is 5510. The number of aromatic nitrogens is 17. The number of hydrogen-bond acceptors (Lipinski definition) is 13. The van der Waals surface area contributed by atoms with Gasteiger partial charge in [0.1, 0.15) is 0 Å². The number of hydrogen-bond donors (Lipinski definition) is 0. The van der Waals surface area contributed by atoms with E-state index in [-0.39, 0.29) is 118 Å². The van der Waals surface area contributed by atoms with Crippen LogP contribution >= 0.6 is 0 Å². The molecule has 0 saturated carbocycles. The van der Waals surface area contributed by atoms with Crippen LogP contribution in [0.2, 0.25) is 0 Å². The summed E-state index contributed by atoms with van der Waals surface area (Å²) in [5.41, 5.74) is 7.68. The van der Waals surface area contributed by atoms with Gasteiger partial charge >= 0.3 is 12.4 Å². The summed E-state index contributed by atoms with van der Waals surface area (Å²) in [7, 11) is 4.00. The van der Waals surface area contributed by atoms with Gasteiger partial charge in [0.15, 0.2) is 23.3 Å². The van der Waals surface area contributed by atoms with Gasteiger partial charge in [0.05, 0.1) is 28.5 Å². The van der Waals surface area contributed by atoms with Gasteiger partial charge in [-0.15, -0.1) is 71.8 Å². The molecule has 0 bridgehead atoms. The number of benzene rings is 6. The van der Waals surface area contributed by atoms with Crippen LogP contribution in [0.5, 0.6) is 0 Å². The molecule has 12 heterocycles. The molecule has 18 nitrogen and oxygen atoms in total. The maximum absolute atomic E-state index is 13.5. The molecule has 18 rings (SSSR count). The van der Waals surface area contributed by atoms with Crippen LogP contribution in [0.25, 0.3) is 124 Å². The molecule has 0 atom stereocenters. The van der Waals surface area contributed by atoms with E-state index < -0.39 is 63.9 Å². The van der Waals surface area contributed by atoms with Crippen molar-refractivity contribution in [2.24, 2.45) is 0 Å². The predicted molar refractivity (Wildman–Crippen MR) is 395 cm³/mol. The van der Waals surface area contributed by atoms with Crippen LogP contribution in [0.4, 0.5) is 49.6 Å². The number of nitrogens with zero attached hydrogens (tertiary/aromatic N) is 18. The van der Waals surface area contributed by atoms with E-state index in [0.29, 0.717) is 17.5 Å². The Kier molecular flexibility index (Phi) is 34.3. The molecule has 115 heavy (non-hydrogen) atoms. The number of fused-ring (bicyclic) bond motifs is 4. The molecule has 0 unspecified atom stereocenters. The standard InChI is InChI=1S/C14H13N4.C12H4F4N3.2C12H8N3.2C11H8N.C10H4F6N3.5Ir/c1-18(2)10-7-8-15-13(9-10)14-16-11-5-3-4-6-12(11)17-14;13-6-7(14)9(16)11-10(8(6)15)18-12(19-11)5-3-1-2-4-17-5;2*1-2-6-10-9(5-1)14-12(15-10)11-7-3-4-8-13-11;2*1-2-6-10(7-3-1)11-8-4-5-9-12-11;11-9(12,13)6-7(10(14,15)16)19-8(18-6)5-3-1-2-4-17-5;;;;;/h3-9H,1-2H3;1-4H;2*1-8H;2*1-6,8-9H;1-4H;;;;;/q7*-1;;;;;. The van der Waals surface area contributed by atoms with Gasteiger partial charge in [-0.05, 0) is 146 Å². The van der Waals surface area contributed by atoms with Gasteiger partial charge in [-0.25, -0.2) is 17.6 Å². The van der Waals surface area contributed by atoms with Crippen molar-refractivity contribution in [3.63, 3.8) is 0 Å². The summed E-state index contributed by atoms with van der Waals surface area (Å²) in [4.78, 5) is 70.5. The molecule has 0 aliphatic carbocycles. The molecule has 0 amide bonds. The normalized spacial score (nSPS) is 10.4. The van der Waals surface area contributed by atoms with Crippen LogP contribution in [-0.4, -0.2) is 73.9 Å². The second kappa shape index (κ2) is 43.3. The SMILES string of the molecule is CN(C)c1ccnc(-c2nc3ccccc3[n-]2)c1.FC(F)(F)c1nc(-c2ccccn2)[n-]c1C(F)(F)F.Fc1c(F)c(F)c2[n-]c(-c3ccccn3)nc2c1F.[Ir].[Ir].[Ir].[Ir].[Ir].[c-]1ccccc1-c1ccccn1.[c-]1ccccc1-c1ccccn1.c1ccc(-c2nc3ccccc3[n-]2)nc1.c1ccc(-c2nc3ccccc3[n-]2)nc1. The van der Waals surface area contributed by atoms with Crippen LogP contribution in [0, 0.1) is 35.4 Å². The summed E-state index contributed by atoms with van der Waals surface area (Å²) in [6.45, 7) is 0. The quantitative estimate of drug-likeness (QED) is 0.0596. The zero-order valence-corrected chi connectivity index (χ0v) is 71.1. The number of anilines is 1. The third kappa shape index (κ3) is 24.2. The van der Waals surface area contributed by atoms with Gasteiger partial charge in [0.2, 0.25) is 0 Å². The molecule has 18 aromatic rings. The fourth-order valence-electron chi connectivity index (χ4n) is 10.0. The first-order chi connectivity index (χ1) is 53.3. The maximum atomic E-state index is 13.5. The Morgan fingerprint density at radius 2 is 0.635 bits per heavy atom. The monoisotopic (exact) mass is 2440 g/mol. The van der Waals surface area contributed by atoms with E-state index in [2.05, 4.69) is 96.9 Å². The van der Waals surface area contributed by atoms with Gasteiger partial charge in [0, 0.05) is 186 Å². The smallest absolute Gasteiger partial charge is 0.412 e. The van der Waals surface area contributed by atoms with Crippen molar-refractivity contribution >= 4 is 49.8 Å². The number of para-hydroxylation sites is 6. The molecule has 12 aromatic heterocycles. The minimum atomic E-state index is -5.23. The van der Waals surface area contributed by atoms with Gasteiger partial charge < -0.3 is 64.7 Å². The van der Waals surface area contributed by atoms with Gasteiger partial charge in [-0.2, -0.15) is 26.3 Å². The first kappa shape index (κ1) is 91.0. The zero-order valence-electron chi connectivity index (χ0n) is 59.1. The average Bonchev–Trinajstić information content (AvgIpc) is 1.58. The van der Waals surface area contributed by atoms with Gasteiger partial charge in [-0.3, -0.25) is 24.9 Å². The number of halogens is 10. The van der Waals surface area contributed by atoms with Gasteiger partial charge in [-0.1, -0.05) is 121 Å². The molecule has 0 N–H and O–H groups in total. The maximum Gasteiger partial charge on any atom is 0.412 e. The van der Waals surface area contributed by atoms with Crippen molar-refractivity contribution in [3.05, 3.63) is 333 Å². The van der Waals surface area contributed by atoms with E-state index in [1.165, 1.54) is 36.7 Å². The molecule has 593 valence electrons. The summed E-state index contributed by atoms with van der Waals surface area (Å²) >= 11 is 0. The van der Waals surface area contributed by atoms with Crippen molar-refractivity contribution in [2.75, 3.05) is 19.0 Å². The third-order valence-corrected chi connectivity index (χ3v) is 15.2. The average molecular weight is 2440 g/mol. The minimum Gasteiger partial charge on any atom is -0.434 e. The van der Waals surface area contributed by atoms with Crippen molar-refractivity contribution < 1.29 is 144 Å². The Morgan fingerprint density at radius 3 is 0.965 bits per heavy atom. The first-order valence-electron chi connectivity index (χ1n) is 32.9. The van der Waals surface area contributed by atoms with Crippen molar-refractivity contribution in [2.45, 2.75) is 12.4 Å². The number of rotatable bonds is 8. The summed E-state index contributed by atoms with van der Waals surface area (Å²) in [5, 5.41) is 0. The van der Waals surface area contributed by atoms with E-state index in [1.807, 2.05) is 225 Å². The molecular formula is C82H53F10Ir5N18-7. The van der Waals surface area contributed by atoms with Crippen molar-refractivity contribution in [1.82, 2.24) is 84.7 Å². The fourth-order valence-corrected chi connectivity index (χ4v) is 10.0. The van der Waals surface area contributed by atoms with Crippen molar-refractivity contribution in [3.8, 4) is 80.1 Å². The van der Waals surface area contributed by atoms with Crippen LogP contribution < -0.4 is 29.8 Å². The Balaban J connectivity index is 0.000000185. The Labute approximate surface area is 717 Å². The van der Waals surface area contributed by atoms with E-state index in [1.54, 1.807) is 43.1 Å². The minimum absolute atomic E-state index is 0. The second-order valence-corrected chi connectivity index (χ2v) is 23.0. The van der Waals surface area contributed by atoms with Crippen molar-refractivity contribution in [1.29, 1.82) is 0 Å². The third-order valence-electron chi connectivity index (χ3n) is 15.2. The molecule has 5 radical (unpaired) electrons. The van der Waals surface area contributed by atoms with Crippen LogP contribution in [-0.2, 0) is 113 Å². The summed E-state index contributed by atoms with van der Waals surface area (Å²) in [5.74, 6) is -5.69. The molecule has 0 aliphatic rings. The zero-order chi connectivity index (χ0) is 77.0. The van der Waals surface area contributed by atoms with Crippen LogP contribution in [0.15, 0.2) is 286 Å². The summed E-state index contributed by atoms with van der Waals surface area (Å²) in [6.07, 6.45) is 1.04. The number of alkyl halides is 6. The summed E-state index contributed by atoms with van der Waals surface area (Å²) in [6, 6.07) is 81.4. The fraction of sp³-hybridized carbons (Fsp3) is 0.0488. The molecule has 0 saturated heterocycles. The topological polar surface area (TPSA) is 228 Å². The first-order valence-corrected chi connectivity index (χ1v) is 32.9. The van der Waals surface area contributed by atoms with E-state index >= 15 is 0 Å². The Morgan fingerprint density at radius 1 is 0.304 bits per heavy atom. The van der Waals surface area contributed by atoms with E-state index in [9.17, 15) is 43.9 Å². The molecule has 6 aromatic carbocycles. The second-order valence-electron chi connectivity index (χ2n) is 23.0. The Hall–Kier alpha value is -11.2. The molecule has 33 heteroatoms. The number of pyridine rings is 7. The van der Waals surface area contributed by atoms with E-state index in [4.69, 9.17) is 0 Å². The number of imidazole rings is 5. The van der Waals surface area contributed by atoms with Gasteiger partial charge in [0.25, 0.3) is 0 Å².